The van der Waals surface area contributed by atoms with Crippen molar-refractivity contribution in [1.82, 2.24) is 0 Å². The topological polar surface area (TPSA) is 38.7 Å². The molecule has 1 aliphatic rings. The van der Waals surface area contributed by atoms with Gasteiger partial charge in [0.25, 0.3) is 0 Å². The van der Waals surface area contributed by atoms with Crippen LogP contribution in [0.5, 0.6) is 5.75 Å². The molecule has 1 aromatic carbocycles. The first-order valence-corrected chi connectivity index (χ1v) is 5.76. The molecule has 2 rings (SSSR count). The van der Waals surface area contributed by atoms with Crippen molar-refractivity contribution in [2.24, 2.45) is 11.8 Å². The molecule has 2 unspecified atom stereocenters. The molecule has 3 heteroatoms. The Balaban J connectivity index is 1.83. The van der Waals surface area contributed by atoms with Crippen LogP contribution < -0.4 is 4.74 Å². The largest absolute Gasteiger partial charge is 0.493 e. The van der Waals surface area contributed by atoms with Gasteiger partial charge in [-0.2, -0.15) is 0 Å². The number of benzene rings is 1. The van der Waals surface area contributed by atoms with E-state index in [9.17, 15) is 5.11 Å². The van der Waals surface area contributed by atoms with Gasteiger partial charge in [-0.25, -0.2) is 0 Å². The van der Waals surface area contributed by atoms with Gasteiger partial charge in [0.1, 0.15) is 5.75 Å². The highest BCUT2D eigenvalue weighted by molar-refractivity contribution is 5.20. The predicted molar refractivity (Wildman–Crippen MR) is 61.4 cm³/mol. The first-order valence-electron chi connectivity index (χ1n) is 5.76. The van der Waals surface area contributed by atoms with Crippen LogP contribution in [0.2, 0.25) is 0 Å². The van der Waals surface area contributed by atoms with Crippen LogP contribution in [0.3, 0.4) is 0 Å². The molecule has 0 amide bonds. The summed E-state index contributed by atoms with van der Waals surface area (Å²) in [5.41, 5.74) is 0. The van der Waals surface area contributed by atoms with Gasteiger partial charge >= 0.3 is 0 Å². The highest BCUT2D eigenvalue weighted by Crippen LogP contribution is 2.22. The molecule has 0 aliphatic carbocycles. The lowest BCUT2D eigenvalue weighted by Crippen LogP contribution is -2.25. The number of hydrogen-bond donors (Lipinski definition) is 1. The van der Waals surface area contributed by atoms with Gasteiger partial charge in [-0.15, -0.1) is 0 Å². The van der Waals surface area contributed by atoms with E-state index in [0.29, 0.717) is 12.5 Å². The summed E-state index contributed by atoms with van der Waals surface area (Å²) in [4.78, 5) is 0. The Bertz CT molecular complexity index is 293. The normalized spacial score (nSPS) is 21.9. The van der Waals surface area contributed by atoms with Crippen LogP contribution in [0.25, 0.3) is 0 Å². The molecular weight excluding hydrogens is 204 g/mol. The Hall–Kier alpha value is -1.06. The van der Waals surface area contributed by atoms with Crippen molar-refractivity contribution in [3.63, 3.8) is 0 Å². The maximum absolute atomic E-state index is 9.33. The third-order valence-corrected chi connectivity index (χ3v) is 3.07. The third-order valence-electron chi connectivity index (χ3n) is 3.07. The lowest BCUT2D eigenvalue weighted by atomic mass is 9.93. The van der Waals surface area contributed by atoms with E-state index in [-0.39, 0.29) is 12.5 Å². The molecule has 0 radical (unpaired) electrons. The Kier molecular flexibility index (Phi) is 4.19. The van der Waals surface area contributed by atoms with Crippen molar-refractivity contribution in [2.45, 2.75) is 6.42 Å². The summed E-state index contributed by atoms with van der Waals surface area (Å²) in [5, 5.41) is 9.33. The Morgan fingerprint density at radius 3 is 2.81 bits per heavy atom. The molecule has 0 bridgehead atoms. The molecule has 1 saturated heterocycles. The number of aliphatic hydroxyl groups is 1. The molecule has 1 aromatic rings. The minimum absolute atomic E-state index is 0.168. The van der Waals surface area contributed by atoms with Crippen LogP contribution in [0, 0.1) is 11.8 Å². The summed E-state index contributed by atoms with van der Waals surface area (Å²) in [6.07, 6.45) is 1.03. The van der Waals surface area contributed by atoms with Crippen molar-refractivity contribution in [2.75, 3.05) is 26.4 Å². The van der Waals surface area contributed by atoms with Gasteiger partial charge in [0.15, 0.2) is 0 Å². The standard InChI is InChI=1S/C13H18O3/c14-8-12(11-6-7-15-9-11)10-16-13-4-2-1-3-5-13/h1-5,11-12,14H,6-10H2. The van der Waals surface area contributed by atoms with E-state index in [1.807, 2.05) is 30.3 Å². The third kappa shape index (κ3) is 2.97. The van der Waals surface area contributed by atoms with Crippen molar-refractivity contribution in [1.29, 1.82) is 0 Å². The van der Waals surface area contributed by atoms with E-state index in [0.717, 1.165) is 25.4 Å². The lowest BCUT2D eigenvalue weighted by molar-refractivity contribution is 0.102. The van der Waals surface area contributed by atoms with Crippen molar-refractivity contribution >= 4 is 0 Å². The Morgan fingerprint density at radius 1 is 1.38 bits per heavy atom. The summed E-state index contributed by atoms with van der Waals surface area (Å²) in [5.74, 6) is 1.48. The van der Waals surface area contributed by atoms with E-state index in [4.69, 9.17) is 9.47 Å². The second-order valence-electron chi connectivity index (χ2n) is 4.19. The summed E-state index contributed by atoms with van der Waals surface area (Å²) in [6, 6.07) is 9.71. The molecule has 1 aliphatic heterocycles. The highest BCUT2D eigenvalue weighted by Gasteiger charge is 2.25. The Labute approximate surface area is 96.0 Å². The first-order chi connectivity index (χ1) is 7.90. The fraction of sp³-hybridized carbons (Fsp3) is 0.538. The minimum atomic E-state index is 0.168. The number of ether oxygens (including phenoxy) is 2. The number of aliphatic hydroxyl groups excluding tert-OH is 1. The molecule has 1 N–H and O–H groups in total. The predicted octanol–water partition coefficient (Wildman–Crippen LogP) is 1.71. The van der Waals surface area contributed by atoms with Crippen molar-refractivity contribution in [3.05, 3.63) is 30.3 Å². The molecule has 0 spiro atoms. The van der Waals surface area contributed by atoms with Crippen molar-refractivity contribution in [3.8, 4) is 5.75 Å². The maximum atomic E-state index is 9.33. The average molecular weight is 222 g/mol. The van der Waals surface area contributed by atoms with Gasteiger partial charge in [0.05, 0.1) is 6.61 Å². The molecule has 0 saturated carbocycles. The van der Waals surface area contributed by atoms with E-state index < -0.39 is 0 Å². The summed E-state index contributed by atoms with van der Waals surface area (Å²) >= 11 is 0. The molecule has 3 nitrogen and oxygen atoms in total. The van der Waals surface area contributed by atoms with Crippen LogP contribution in [0.15, 0.2) is 30.3 Å². The van der Waals surface area contributed by atoms with Gasteiger partial charge in [0.2, 0.25) is 0 Å². The van der Waals surface area contributed by atoms with Gasteiger partial charge in [-0.1, -0.05) is 18.2 Å². The van der Waals surface area contributed by atoms with E-state index in [2.05, 4.69) is 0 Å². The minimum Gasteiger partial charge on any atom is -0.493 e. The summed E-state index contributed by atoms with van der Waals surface area (Å²) in [7, 11) is 0. The fourth-order valence-electron chi connectivity index (χ4n) is 1.98. The Morgan fingerprint density at radius 2 is 2.19 bits per heavy atom. The molecule has 1 heterocycles. The van der Waals surface area contributed by atoms with Crippen LogP contribution in [-0.2, 0) is 4.74 Å². The zero-order valence-corrected chi connectivity index (χ0v) is 9.34. The number of para-hydroxylation sites is 1. The van der Waals surface area contributed by atoms with Crippen LogP contribution in [0.4, 0.5) is 0 Å². The lowest BCUT2D eigenvalue weighted by Gasteiger charge is -2.20. The van der Waals surface area contributed by atoms with Gasteiger partial charge in [-0.05, 0) is 24.5 Å². The second kappa shape index (κ2) is 5.87. The number of hydrogen-bond acceptors (Lipinski definition) is 3. The van der Waals surface area contributed by atoms with Crippen LogP contribution >= 0.6 is 0 Å². The molecular formula is C13H18O3. The van der Waals surface area contributed by atoms with E-state index >= 15 is 0 Å². The fourth-order valence-corrected chi connectivity index (χ4v) is 1.98. The maximum Gasteiger partial charge on any atom is 0.119 e. The van der Waals surface area contributed by atoms with Crippen molar-refractivity contribution < 1.29 is 14.6 Å². The average Bonchev–Trinajstić information content (AvgIpc) is 2.85. The quantitative estimate of drug-likeness (QED) is 0.824. The second-order valence-corrected chi connectivity index (χ2v) is 4.19. The highest BCUT2D eigenvalue weighted by atomic mass is 16.5. The number of rotatable bonds is 5. The molecule has 2 atom stereocenters. The van der Waals surface area contributed by atoms with Gasteiger partial charge < -0.3 is 14.6 Å². The SMILES string of the molecule is OCC(COc1ccccc1)C1CCOC1. The van der Waals surface area contributed by atoms with E-state index in [1.165, 1.54) is 0 Å². The molecule has 1 fully saturated rings. The first kappa shape index (κ1) is 11.4. The monoisotopic (exact) mass is 222 g/mol. The van der Waals surface area contributed by atoms with Crippen LogP contribution in [0.1, 0.15) is 6.42 Å². The van der Waals surface area contributed by atoms with Gasteiger partial charge in [0, 0.05) is 25.7 Å². The van der Waals surface area contributed by atoms with E-state index in [1.54, 1.807) is 0 Å². The zero-order chi connectivity index (χ0) is 11.2. The molecule has 0 aromatic heterocycles. The molecule has 16 heavy (non-hydrogen) atoms. The molecule has 88 valence electrons. The van der Waals surface area contributed by atoms with Gasteiger partial charge in [-0.3, -0.25) is 0 Å². The smallest absolute Gasteiger partial charge is 0.119 e. The zero-order valence-electron chi connectivity index (χ0n) is 9.34. The summed E-state index contributed by atoms with van der Waals surface area (Å²) in [6.45, 7) is 2.30. The van der Waals surface area contributed by atoms with Crippen LogP contribution in [-0.4, -0.2) is 31.5 Å². The summed E-state index contributed by atoms with van der Waals surface area (Å²) < 4.78 is 11.0.